The molecule has 0 bridgehead atoms. The number of nitrogens with one attached hydrogen (secondary N) is 1. The summed E-state index contributed by atoms with van der Waals surface area (Å²) in [7, 11) is 0. The van der Waals surface area contributed by atoms with Crippen LogP contribution in [0.5, 0.6) is 0 Å². The van der Waals surface area contributed by atoms with Crippen LogP contribution in [0, 0.1) is 0 Å². The number of fused-ring (bicyclic) bond motifs is 1. The Labute approximate surface area is 137 Å². The molecular formula is C19H13BrN2. The molecule has 2 aromatic carbocycles. The summed E-state index contributed by atoms with van der Waals surface area (Å²) in [5.41, 5.74) is 5.54. The van der Waals surface area contributed by atoms with Crippen LogP contribution in [0.25, 0.3) is 33.4 Å². The zero-order valence-electron chi connectivity index (χ0n) is 11.8. The SMILES string of the molecule is Brc1cc(-c2cc3cccnc3[nH]2)ccc1-c1ccccc1. The third-order valence-electron chi connectivity index (χ3n) is 3.76. The maximum atomic E-state index is 4.35. The Hall–Kier alpha value is -2.39. The Balaban J connectivity index is 1.79. The third kappa shape index (κ3) is 2.34. The molecule has 2 aromatic heterocycles. The van der Waals surface area contributed by atoms with Gasteiger partial charge in [-0.15, -0.1) is 0 Å². The third-order valence-corrected chi connectivity index (χ3v) is 4.41. The topological polar surface area (TPSA) is 28.7 Å². The summed E-state index contributed by atoms with van der Waals surface area (Å²) in [6.07, 6.45) is 1.80. The first-order chi connectivity index (χ1) is 10.8. The molecule has 0 aliphatic carbocycles. The van der Waals surface area contributed by atoms with Gasteiger partial charge in [0.25, 0.3) is 0 Å². The van der Waals surface area contributed by atoms with E-state index in [-0.39, 0.29) is 0 Å². The van der Waals surface area contributed by atoms with Crippen LogP contribution in [0.2, 0.25) is 0 Å². The Morgan fingerprint density at radius 1 is 0.818 bits per heavy atom. The first-order valence-electron chi connectivity index (χ1n) is 7.10. The molecule has 3 heteroatoms. The van der Waals surface area contributed by atoms with Crippen molar-refractivity contribution in [2.75, 3.05) is 0 Å². The maximum absolute atomic E-state index is 4.35. The number of rotatable bonds is 2. The molecule has 4 aromatic rings. The molecule has 0 aliphatic heterocycles. The van der Waals surface area contributed by atoms with E-state index in [1.54, 1.807) is 6.20 Å². The molecule has 1 N–H and O–H groups in total. The predicted molar refractivity (Wildman–Crippen MR) is 94.7 cm³/mol. The van der Waals surface area contributed by atoms with Crippen molar-refractivity contribution >= 4 is 27.0 Å². The number of hydrogen-bond acceptors (Lipinski definition) is 1. The number of aromatic amines is 1. The van der Waals surface area contributed by atoms with Crippen molar-refractivity contribution < 1.29 is 0 Å². The van der Waals surface area contributed by atoms with Gasteiger partial charge in [-0.25, -0.2) is 4.98 Å². The number of pyridine rings is 1. The summed E-state index contributed by atoms with van der Waals surface area (Å²) in [5, 5.41) is 1.13. The Bertz CT molecular complexity index is 909. The zero-order valence-corrected chi connectivity index (χ0v) is 13.3. The fourth-order valence-electron chi connectivity index (χ4n) is 2.65. The highest BCUT2D eigenvalue weighted by molar-refractivity contribution is 9.10. The van der Waals surface area contributed by atoms with E-state index in [1.165, 1.54) is 11.1 Å². The lowest BCUT2D eigenvalue weighted by molar-refractivity contribution is 1.32. The van der Waals surface area contributed by atoms with Gasteiger partial charge in [0.15, 0.2) is 0 Å². The molecule has 0 amide bonds. The molecule has 0 radical (unpaired) electrons. The lowest BCUT2D eigenvalue weighted by Crippen LogP contribution is -1.83. The molecule has 106 valence electrons. The van der Waals surface area contributed by atoms with E-state index in [1.807, 2.05) is 12.1 Å². The van der Waals surface area contributed by atoms with E-state index in [4.69, 9.17) is 0 Å². The van der Waals surface area contributed by atoms with Gasteiger partial charge in [-0.05, 0) is 41.0 Å². The van der Waals surface area contributed by atoms with E-state index in [0.29, 0.717) is 0 Å². The van der Waals surface area contributed by atoms with Crippen molar-refractivity contribution in [3.05, 3.63) is 77.4 Å². The lowest BCUT2D eigenvalue weighted by Gasteiger charge is -2.07. The molecule has 4 rings (SSSR count). The van der Waals surface area contributed by atoms with Crippen molar-refractivity contribution in [2.45, 2.75) is 0 Å². The average molecular weight is 349 g/mol. The van der Waals surface area contributed by atoms with Gasteiger partial charge in [0, 0.05) is 21.7 Å². The molecule has 22 heavy (non-hydrogen) atoms. The van der Waals surface area contributed by atoms with Gasteiger partial charge in [0.1, 0.15) is 5.65 Å². The molecule has 2 nitrogen and oxygen atoms in total. The van der Waals surface area contributed by atoms with Crippen molar-refractivity contribution in [3.8, 4) is 22.4 Å². The number of aromatic nitrogens is 2. The largest absolute Gasteiger partial charge is 0.339 e. The van der Waals surface area contributed by atoms with E-state index in [0.717, 1.165) is 26.8 Å². The minimum Gasteiger partial charge on any atom is -0.339 e. The molecular weight excluding hydrogens is 336 g/mol. The van der Waals surface area contributed by atoms with Gasteiger partial charge in [-0.2, -0.15) is 0 Å². The zero-order chi connectivity index (χ0) is 14.9. The molecule has 0 aliphatic rings. The van der Waals surface area contributed by atoms with Crippen LogP contribution in [-0.4, -0.2) is 9.97 Å². The van der Waals surface area contributed by atoms with E-state index in [2.05, 4.69) is 80.5 Å². The number of halogens is 1. The summed E-state index contributed by atoms with van der Waals surface area (Å²) < 4.78 is 1.09. The van der Waals surface area contributed by atoms with Gasteiger partial charge in [-0.1, -0.05) is 58.4 Å². The van der Waals surface area contributed by atoms with Crippen molar-refractivity contribution in [1.29, 1.82) is 0 Å². The number of nitrogens with zero attached hydrogens (tertiary/aromatic N) is 1. The van der Waals surface area contributed by atoms with Crippen LogP contribution >= 0.6 is 15.9 Å². The number of hydrogen-bond donors (Lipinski definition) is 1. The maximum Gasteiger partial charge on any atom is 0.137 e. The summed E-state index contributed by atoms with van der Waals surface area (Å²) in [6, 6.07) is 23.0. The van der Waals surface area contributed by atoms with E-state index < -0.39 is 0 Å². The first-order valence-corrected chi connectivity index (χ1v) is 7.90. The van der Waals surface area contributed by atoms with Crippen molar-refractivity contribution in [1.82, 2.24) is 9.97 Å². The lowest BCUT2D eigenvalue weighted by atomic mass is 10.0. The molecule has 0 spiro atoms. The van der Waals surface area contributed by atoms with Gasteiger partial charge < -0.3 is 4.98 Å². The van der Waals surface area contributed by atoms with Crippen LogP contribution in [-0.2, 0) is 0 Å². The second-order valence-corrected chi connectivity index (χ2v) is 6.04. The molecule has 0 saturated heterocycles. The van der Waals surface area contributed by atoms with Gasteiger partial charge in [0.2, 0.25) is 0 Å². The van der Waals surface area contributed by atoms with Crippen molar-refractivity contribution in [2.24, 2.45) is 0 Å². The van der Waals surface area contributed by atoms with Crippen LogP contribution in [0.1, 0.15) is 0 Å². The average Bonchev–Trinajstić information content (AvgIpc) is 2.99. The van der Waals surface area contributed by atoms with Crippen LogP contribution in [0.15, 0.2) is 77.4 Å². The Morgan fingerprint density at radius 3 is 2.45 bits per heavy atom. The van der Waals surface area contributed by atoms with E-state index in [9.17, 15) is 0 Å². The van der Waals surface area contributed by atoms with Crippen LogP contribution in [0.4, 0.5) is 0 Å². The minimum absolute atomic E-state index is 0.917. The second kappa shape index (κ2) is 5.43. The Morgan fingerprint density at radius 2 is 1.68 bits per heavy atom. The van der Waals surface area contributed by atoms with Crippen LogP contribution < -0.4 is 0 Å². The quantitative estimate of drug-likeness (QED) is 0.497. The second-order valence-electron chi connectivity index (χ2n) is 5.18. The normalized spacial score (nSPS) is 11.0. The Kier molecular flexibility index (Phi) is 3.28. The van der Waals surface area contributed by atoms with Gasteiger partial charge >= 0.3 is 0 Å². The summed E-state index contributed by atoms with van der Waals surface area (Å²) in [4.78, 5) is 7.71. The summed E-state index contributed by atoms with van der Waals surface area (Å²) in [5.74, 6) is 0. The standard InChI is InChI=1S/C19H13BrN2/c20-17-11-14(8-9-16(17)13-5-2-1-3-6-13)18-12-15-7-4-10-21-19(15)22-18/h1-12H,(H,21,22). The summed E-state index contributed by atoms with van der Waals surface area (Å²) in [6.45, 7) is 0. The summed E-state index contributed by atoms with van der Waals surface area (Å²) >= 11 is 3.70. The molecule has 0 fully saturated rings. The van der Waals surface area contributed by atoms with Crippen LogP contribution in [0.3, 0.4) is 0 Å². The molecule has 2 heterocycles. The minimum atomic E-state index is 0.917. The van der Waals surface area contributed by atoms with Crippen molar-refractivity contribution in [3.63, 3.8) is 0 Å². The molecule has 0 saturated carbocycles. The molecule has 0 atom stereocenters. The predicted octanol–water partition coefficient (Wildman–Crippen LogP) is 5.66. The highest BCUT2D eigenvalue weighted by Crippen LogP contribution is 2.32. The number of H-pyrrole nitrogens is 1. The fourth-order valence-corrected chi connectivity index (χ4v) is 3.26. The van der Waals surface area contributed by atoms with E-state index >= 15 is 0 Å². The van der Waals surface area contributed by atoms with Gasteiger partial charge in [-0.3, -0.25) is 0 Å². The fraction of sp³-hybridized carbons (Fsp3) is 0. The highest BCUT2D eigenvalue weighted by atomic mass is 79.9. The number of benzene rings is 2. The first kappa shape index (κ1) is 13.3. The monoisotopic (exact) mass is 348 g/mol. The smallest absolute Gasteiger partial charge is 0.137 e. The van der Waals surface area contributed by atoms with Gasteiger partial charge in [0.05, 0.1) is 0 Å². The molecule has 0 unspecified atom stereocenters. The highest BCUT2D eigenvalue weighted by Gasteiger charge is 2.08.